The molecule has 0 aromatic heterocycles. The molecule has 3 aromatic rings. The molecule has 0 saturated heterocycles. The van der Waals surface area contributed by atoms with E-state index >= 15 is 0 Å². The van der Waals surface area contributed by atoms with Crippen molar-refractivity contribution in [2.45, 2.75) is 0 Å². The number of carbonyl (C=O) groups is 1. The van der Waals surface area contributed by atoms with Gasteiger partial charge in [-0.3, -0.25) is 14.4 Å². The first kappa shape index (κ1) is 13.5. The van der Waals surface area contributed by atoms with E-state index in [1.807, 2.05) is 0 Å². The summed E-state index contributed by atoms with van der Waals surface area (Å²) in [5.41, 5.74) is 1.61. The first-order valence-corrected chi connectivity index (χ1v) is 6.64. The molecule has 0 radical (unpaired) electrons. The number of hydrogen-bond donors (Lipinski definition) is 0. The van der Waals surface area contributed by atoms with Crippen LogP contribution in [-0.4, -0.2) is 6.29 Å². The maximum atomic E-state index is 11.9. The highest BCUT2D eigenvalue weighted by Crippen LogP contribution is 2.29. The van der Waals surface area contributed by atoms with Gasteiger partial charge in [0.1, 0.15) is 6.29 Å². The van der Waals surface area contributed by atoms with E-state index in [0.29, 0.717) is 32.8 Å². The molecular formula is C17H9ClO3. The largest absolute Gasteiger partial charge is 0.298 e. The fourth-order valence-electron chi connectivity index (χ4n) is 2.29. The molecule has 0 heterocycles. The Hall–Kier alpha value is -2.52. The van der Waals surface area contributed by atoms with Gasteiger partial charge < -0.3 is 0 Å². The average Bonchev–Trinajstić information content (AvgIpc) is 2.53. The van der Waals surface area contributed by atoms with Crippen molar-refractivity contribution in [2.75, 3.05) is 0 Å². The van der Waals surface area contributed by atoms with Crippen LogP contribution in [-0.2, 0) is 0 Å². The summed E-state index contributed by atoms with van der Waals surface area (Å²) in [4.78, 5) is 34.4. The minimum absolute atomic E-state index is 0.389. The molecule has 3 nitrogen and oxygen atoms in total. The third-order valence-corrected chi connectivity index (χ3v) is 3.63. The zero-order valence-corrected chi connectivity index (χ0v) is 11.6. The van der Waals surface area contributed by atoms with Crippen molar-refractivity contribution in [1.29, 1.82) is 0 Å². The Bertz CT molecular complexity index is 883. The van der Waals surface area contributed by atoms with E-state index < -0.39 is 10.9 Å². The highest BCUT2D eigenvalue weighted by atomic mass is 35.5. The summed E-state index contributed by atoms with van der Waals surface area (Å²) >= 11 is 5.83. The maximum absolute atomic E-state index is 11.9. The Labute approximate surface area is 125 Å². The van der Waals surface area contributed by atoms with Gasteiger partial charge in [0.05, 0.1) is 0 Å². The first-order chi connectivity index (χ1) is 10.1. The Morgan fingerprint density at radius 3 is 1.57 bits per heavy atom. The number of aldehydes is 1. The monoisotopic (exact) mass is 296 g/mol. The van der Waals surface area contributed by atoms with Crippen LogP contribution in [0.1, 0.15) is 10.4 Å². The van der Waals surface area contributed by atoms with Gasteiger partial charge in [-0.2, -0.15) is 0 Å². The minimum Gasteiger partial charge on any atom is -0.298 e. The molecule has 102 valence electrons. The van der Waals surface area contributed by atoms with Crippen LogP contribution < -0.4 is 10.9 Å². The van der Waals surface area contributed by atoms with Gasteiger partial charge >= 0.3 is 0 Å². The van der Waals surface area contributed by atoms with Gasteiger partial charge in [-0.25, -0.2) is 0 Å². The lowest BCUT2D eigenvalue weighted by Gasteiger charge is -2.11. The molecule has 0 N–H and O–H groups in total. The van der Waals surface area contributed by atoms with Gasteiger partial charge in [-0.1, -0.05) is 48.0 Å². The van der Waals surface area contributed by atoms with Crippen LogP contribution >= 0.6 is 11.6 Å². The van der Waals surface area contributed by atoms with Crippen LogP contribution in [0.3, 0.4) is 0 Å². The number of hydrogen-bond acceptors (Lipinski definition) is 3. The van der Waals surface area contributed by atoms with Crippen molar-refractivity contribution in [3.8, 4) is 22.3 Å². The van der Waals surface area contributed by atoms with Gasteiger partial charge in [0.25, 0.3) is 0 Å². The van der Waals surface area contributed by atoms with Gasteiger partial charge in [-0.05, 0) is 23.3 Å². The van der Waals surface area contributed by atoms with Crippen molar-refractivity contribution in [3.05, 3.63) is 79.6 Å². The molecule has 0 aliphatic rings. The average molecular weight is 297 g/mol. The van der Waals surface area contributed by atoms with Gasteiger partial charge in [0.15, 0.2) is 0 Å². The summed E-state index contributed by atoms with van der Waals surface area (Å²) in [5, 5.41) is 0.564. The predicted molar refractivity (Wildman–Crippen MR) is 82.6 cm³/mol. The lowest BCUT2D eigenvalue weighted by Crippen LogP contribution is -2.34. The third kappa shape index (κ3) is 2.22. The number of benzene rings is 2. The topological polar surface area (TPSA) is 51.2 Å². The van der Waals surface area contributed by atoms with E-state index in [1.54, 1.807) is 48.5 Å². The van der Waals surface area contributed by atoms with Crippen molar-refractivity contribution < 1.29 is 4.79 Å². The molecule has 0 bridgehead atoms. The molecule has 0 saturated carbocycles. The second kappa shape index (κ2) is 5.11. The standard InChI is InChI=1S/C17H9ClO3/c18-13-7-5-12(6-8-13)15-14(16(20)17(15)21)11-3-1-10(9-19)2-4-11/h1-9H. The summed E-state index contributed by atoms with van der Waals surface area (Å²) in [7, 11) is 0. The lowest BCUT2D eigenvalue weighted by atomic mass is 9.89. The molecule has 4 heteroatoms. The number of rotatable bonds is 3. The molecule has 21 heavy (non-hydrogen) atoms. The molecule has 3 rings (SSSR count). The zero-order chi connectivity index (χ0) is 15.0. The van der Waals surface area contributed by atoms with Crippen molar-refractivity contribution in [1.82, 2.24) is 0 Å². The fourth-order valence-corrected chi connectivity index (χ4v) is 2.41. The van der Waals surface area contributed by atoms with Gasteiger partial charge in [0, 0.05) is 21.7 Å². The predicted octanol–water partition coefficient (Wildman–Crippen LogP) is 3.08. The highest BCUT2D eigenvalue weighted by Gasteiger charge is 2.23. The Kier molecular flexibility index (Phi) is 3.28. The Balaban J connectivity index is 2.14. The molecule has 0 unspecified atom stereocenters. The summed E-state index contributed by atoms with van der Waals surface area (Å²) in [6.07, 6.45) is 0.728. The van der Waals surface area contributed by atoms with E-state index in [1.165, 1.54) is 0 Å². The molecule has 0 spiro atoms. The summed E-state index contributed by atoms with van der Waals surface area (Å²) in [6, 6.07) is 13.3. The minimum atomic E-state index is -0.501. The molecule has 0 aliphatic carbocycles. The molecular weight excluding hydrogens is 288 g/mol. The molecule has 0 aliphatic heterocycles. The zero-order valence-electron chi connectivity index (χ0n) is 10.8. The summed E-state index contributed by atoms with van der Waals surface area (Å²) < 4.78 is 0. The molecule has 0 fully saturated rings. The third-order valence-electron chi connectivity index (χ3n) is 3.38. The van der Waals surface area contributed by atoms with Gasteiger partial charge in [0.2, 0.25) is 10.9 Å². The summed E-state index contributed by atoms with van der Waals surface area (Å²) in [5.74, 6) is 0. The van der Waals surface area contributed by atoms with Crippen LogP contribution in [0.5, 0.6) is 0 Å². The van der Waals surface area contributed by atoms with Crippen molar-refractivity contribution >= 4 is 17.9 Å². The Morgan fingerprint density at radius 2 is 1.14 bits per heavy atom. The number of halogens is 1. The van der Waals surface area contributed by atoms with E-state index in [2.05, 4.69) is 0 Å². The van der Waals surface area contributed by atoms with Crippen LogP contribution in [0.2, 0.25) is 5.02 Å². The van der Waals surface area contributed by atoms with Crippen LogP contribution in [0.4, 0.5) is 0 Å². The number of carbonyl (C=O) groups excluding carboxylic acids is 1. The van der Waals surface area contributed by atoms with Gasteiger partial charge in [-0.15, -0.1) is 0 Å². The Morgan fingerprint density at radius 1 is 0.714 bits per heavy atom. The van der Waals surface area contributed by atoms with E-state index in [9.17, 15) is 14.4 Å². The fraction of sp³-hybridized carbons (Fsp3) is 0. The normalized spacial score (nSPS) is 10.7. The van der Waals surface area contributed by atoms with Crippen LogP contribution in [0.15, 0.2) is 58.1 Å². The quantitative estimate of drug-likeness (QED) is 0.551. The molecule has 0 amide bonds. The second-order valence-electron chi connectivity index (χ2n) is 4.66. The smallest absolute Gasteiger partial charge is 0.234 e. The van der Waals surface area contributed by atoms with Crippen molar-refractivity contribution in [3.63, 3.8) is 0 Å². The summed E-state index contributed by atoms with van der Waals surface area (Å²) in [6.45, 7) is 0. The molecule has 0 atom stereocenters. The highest BCUT2D eigenvalue weighted by molar-refractivity contribution is 6.30. The van der Waals surface area contributed by atoms with Crippen molar-refractivity contribution in [2.24, 2.45) is 0 Å². The van der Waals surface area contributed by atoms with E-state index in [-0.39, 0.29) is 0 Å². The maximum Gasteiger partial charge on any atom is 0.234 e. The van der Waals surface area contributed by atoms with E-state index in [4.69, 9.17) is 11.6 Å². The van der Waals surface area contributed by atoms with Crippen LogP contribution in [0.25, 0.3) is 22.3 Å². The lowest BCUT2D eigenvalue weighted by molar-refractivity contribution is 0.112. The SMILES string of the molecule is O=Cc1ccc(-c2c(-c3ccc(Cl)cc3)c(=O)c2=O)cc1. The second-order valence-corrected chi connectivity index (χ2v) is 5.09. The van der Waals surface area contributed by atoms with Crippen LogP contribution in [0, 0.1) is 0 Å². The first-order valence-electron chi connectivity index (χ1n) is 6.26. The van der Waals surface area contributed by atoms with E-state index in [0.717, 1.165) is 6.29 Å². The molecule has 3 aromatic carbocycles.